The quantitative estimate of drug-likeness (QED) is 0.522. The van der Waals surface area contributed by atoms with Crippen LogP contribution in [-0.4, -0.2) is 52.4 Å². The lowest BCUT2D eigenvalue weighted by Gasteiger charge is -2.14. The predicted molar refractivity (Wildman–Crippen MR) is 97.9 cm³/mol. The van der Waals surface area contributed by atoms with E-state index in [4.69, 9.17) is 23.8 Å². The number of rotatable bonds is 7. The summed E-state index contributed by atoms with van der Waals surface area (Å²) in [5.41, 5.74) is 5.87. The standard InChI is InChI=1S/C16H18N8O4/c1-18-16(25)12-9(6-10(17)22-23-12)20-15-13(27-3)8(4-5-19-15)14-21-11(7-26-2)28-24-14/h4-6H,7H2,1-3H3,(H,18,25)(H3,17,19,20,22)/i1D3. The van der Waals surface area contributed by atoms with Crippen molar-refractivity contribution in [2.24, 2.45) is 0 Å². The summed E-state index contributed by atoms with van der Waals surface area (Å²) in [6, 6.07) is 2.91. The van der Waals surface area contributed by atoms with Gasteiger partial charge in [0.25, 0.3) is 11.8 Å². The van der Waals surface area contributed by atoms with Gasteiger partial charge in [0.1, 0.15) is 12.4 Å². The maximum absolute atomic E-state index is 12.3. The Bertz CT molecular complexity index is 1090. The highest BCUT2D eigenvalue weighted by molar-refractivity contribution is 5.98. The van der Waals surface area contributed by atoms with Gasteiger partial charge in [0, 0.05) is 30.5 Å². The number of nitrogens with zero attached hydrogens (tertiary/aromatic N) is 5. The fourth-order valence-corrected chi connectivity index (χ4v) is 2.32. The molecule has 0 aliphatic carbocycles. The number of hydrogen-bond donors (Lipinski definition) is 3. The topological polar surface area (TPSA) is 163 Å². The Kier molecular flexibility index (Phi) is 4.51. The van der Waals surface area contributed by atoms with Gasteiger partial charge in [0.05, 0.1) is 18.4 Å². The lowest BCUT2D eigenvalue weighted by molar-refractivity contribution is 0.0958. The van der Waals surface area contributed by atoms with Gasteiger partial charge in [-0.3, -0.25) is 4.79 Å². The Morgan fingerprint density at radius 3 is 3.00 bits per heavy atom. The van der Waals surface area contributed by atoms with Crippen molar-refractivity contribution < 1.29 is 22.9 Å². The summed E-state index contributed by atoms with van der Waals surface area (Å²) in [5.74, 6) is -0.112. The van der Waals surface area contributed by atoms with E-state index in [1.807, 2.05) is 5.32 Å². The fraction of sp³-hybridized carbons (Fsp3) is 0.250. The third-order valence-corrected chi connectivity index (χ3v) is 3.48. The molecule has 3 rings (SSSR count). The van der Waals surface area contributed by atoms with Gasteiger partial charge in [-0.25, -0.2) is 4.98 Å². The van der Waals surface area contributed by atoms with E-state index in [1.54, 1.807) is 6.07 Å². The molecule has 28 heavy (non-hydrogen) atoms. The number of hydrogen-bond acceptors (Lipinski definition) is 11. The van der Waals surface area contributed by atoms with Gasteiger partial charge in [-0.05, 0) is 6.07 Å². The zero-order valence-corrected chi connectivity index (χ0v) is 14.9. The van der Waals surface area contributed by atoms with Crippen LogP contribution in [0.4, 0.5) is 17.3 Å². The van der Waals surface area contributed by atoms with Crippen molar-refractivity contribution in [1.82, 2.24) is 30.6 Å². The Morgan fingerprint density at radius 2 is 2.25 bits per heavy atom. The number of nitrogens with two attached hydrogens (primary N) is 1. The lowest BCUT2D eigenvalue weighted by Crippen LogP contribution is -2.21. The SMILES string of the molecule is [2H]C([2H])([2H])NC(=O)c1nnc(N)cc1Nc1nccc(-c2noc(COC)n2)c1OC. The number of nitrogen functional groups attached to an aromatic ring is 1. The van der Waals surface area contributed by atoms with Crippen LogP contribution in [0.1, 0.15) is 20.5 Å². The van der Waals surface area contributed by atoms with Crippen LogP contribution in [-0.2, 0) is 11.3 Å². The number of nitrogens with one attached hydrogen (secondary N) is 2. The first-order chi connectivity index (χ1) is 14.7. The van der Waals surface area contributed by atoms with Gasteiger partial charge in [-0.1, -0.05) is 5.16 Å². The van der Waals surface area contributed by atoms with E-state index in [-0.39, 0.29) is 47.1 Å². The van der Waals surface area contributed by atoms with Gasteiger partial charge >= 0.3 is 0 Å². The first-order valence-electron chi connectivity index (χ1n) is 9.29. The van der Waals surface area contributed by atoms with Crippen LogP contribution in [0.2, 0.25) is 0 Å². The second-order valence-corrected chi connectivity index (χ2v) is 5.30. The summed E-state index contributed by atoms with van der Waals surface area (Å²) >= 11 is 0. The van der Waals surface area contributed by atoms with Crippen molar-refractivity contribution in [2.75, 3.05) is 32.2 Å². The van der Waals surface area contributed by atoms with Crippen LogP contribution in [0, 0.1) is 0 Å². The minimum Gasteiger partial charge on any atom is -0.492 e. The first-order valence-corrected chi connectivity index (χ1v) is 7.79. The molecule has 12 heteroatoms. The lowest BCUT2D eigenvalue weighted by atomic mass is 10.2. The summed E-state index contributed by atoms with van der Waals surface area (Å²) < 4.78 is 37.1. The molecule has 0 saturated heterocycles. The molecular formula is C16H18N8O4. The third kappa shape index (κ3) is 3.81. The van der Waals surface area contributed by atoms with Gasteiger partial charge < -0.3 is 30.4 Å². The summed E-state index contributed by atoms with van der Waals surface area (Å²) in [6.45, 7) is -2.58. The van der Waals surface area contributed by atoms with Gasteiger partial charge in [0.15, 0.2) is 17.3 Å². The minimum atomic E-state index is -2.72. The van der Waals surface area contributed by atoms with Crippen molar-refractivity contribution in [3.8, 4) is 17.1 Å². The molecule has 0 radical (unpaired) electrons. The van der Waals surface area contributed by atoms with Crippen LogP contribution in [0.15, 0.2) is 22.9 Å². The second-order valence-electron chi connectivity index (χ2n) is 5.30. The average molecular weight is 389 g/mol. The molecule has 3 heterocycles. The van der Waals surface area contributed by atoms with Gasteiger partial charge in [-0.15, -0.1) is 10.2 Å². The molecule has 3 aromatic rings. The largest absolute Gasteiger partial charge is 0.492 e. The highest BCUT2D eigenvalue weighted by Crippen LogP contribution is 2.35. The number of methoxy groups -OCH3 is 2. The van der Waals surface area contributed by atoms with E-state index >= 15 is 0 Å². The van der Waals surface area contributed by atoms with Gasteiger partial charge in [-0.2, -0.15) is 4.98 Å². The molecule has 0 aliphatic rings. The number of carbonyl (C=O) groups is 1. The van der Waals surface area contributed by atoms with Crippen LogP contribution in [0.25, 0.3) is 11.4 Å². The van der Waals surface area contributed by atoms with Crippen molar-refractivity contribution in [3.63, 3.8) is 0 Å². The highest BCUT2D eigenvalue weighted by Gasteiger charge is 2.20. The summed E-state index contributed by atoms with van der Waals surface area (Å²) in [7, 11) is 2.90. The smallest absolute Gasteiger partial charge is 0.273 e. The van der Waals surface area contributed by atoms with Crippen molar-refractivity contribution >= 4 is 23.2 Å². The van der Waals surface area contributed by atoms with E-state index < -0.39 is 12.9 Å². The number of amides is 1. The zero-order chi connectivity index (χ0) is 22.6. The molecule has 4 N–H and O–H groups in total. The van der Waals surface area contributed by atoms with Crippen molar-refractivity contribution in [3.05, 3.63) is 29.9 Å². The zero-order valence-electron chi connectivity index (χ0n) is 17.9. The average Bonchev–Trinajstić information content (AvgIpc) is 3.15. The van der Waals surface area contributed by atoms with Crippen LogP contribution in [0.5, 0.6) is 5.75 Å². The molecule has 0 bridgehead atoms. The maximum atomic E-state index is 12.3. The molecule has 0 fully saturated rings. The number of pyridine rings is 1. The van der Waals surface area contributed by atoms with E-state index in [9.17, 15) is 4.79 Å². The van der Waals surface area contributed by atoms with E-state index in [2.05, 4.69) is 30.6 Å². The molecule has 0 aromatic carbocycles. The van der Waals surface area contributed by atoms with Crippen molar-refractivity contribution in [2.45, 2.75) is 6.61 Å². The molecule has 1 amide bonds. The Morgan fingerprint density at radius 1 is 1.39 bits per heavy atom. The maximum Gasteiger partial charge on any atom is 0.273 e. The molecular weight excluding hydrogens is 368 g/mol. The molecule has 3 aromatic heterocycles. The number of anilines is 3. The van der Waals surface area contributed by atoms with E-state index in [0.717, 1.165) is 0 Å². The molecule has 12 nitrogen and oxygen atoms in total. The second kappa shape index (κ2) is 8.26. The number of aromatic nitrogens is 5. The highest BCUT2D eigenvalue weighted by atomic mass is 16.5. The Balaban J connectivity index is 1.99. The summed E-state index contributed by atoms with van der Waals surface area (Å²) in [5, 5.41) is 15.9. The molecule has 0 unspecified atom stereocenters. The Labute approximate surface area is 163 Å². The minimum absolute atomic E-state index is 0.00886. The molecule has 0 aliphatic heterocycles. The third-order valence-electron chi connectivity index (χ3n) is 3.48. The Hall–Kier alpha value is -3.80. The summed E-state index contributed by atoms with van der Waals surface area (Å²) in [4.78, 5) is 20.8. The molecule has 0 saturated carbocycles. The number of carbonyl (C=O) groups excluding carboxylic acids is 1. The van der Waals surface area contributed by atoms with E-state index in [1.165, 1.54) is 26.5 Å². The van der Waals surface area contributed by atoms with E-state index in [0.29, 0.717) is 5.56 Å². The molecule has 146 valence electrons. The summed E-state index contributed by atoms with van der Waals surface area (Å²) in [6.07, 6.45) is 1.45. The first kappa shape index (κ1) is 15.3. The molecule has 0 spiro atoms. The van der Waals surface area contributed by atoms with Crippen LogP contribution in [0.3, 0.4) is 0 Å². The predicted octanol–water partition coefficient (Wildman–Crippen LogP) is 0.762. The number of ether oxygens (including phenoxy) is 2. The molecule has 0 atom stereocenters. The van der Waals surface area contributed by atoms with Crippen LogP contribution < -0.4 is 21.1 Å². The van der Waals surface area contributed by atoms with Crippen molar-refractivity contribution in [1.29, 1.82) is 0 Å². The monoisotopic (exact) mass is 389 g/mol. The van der Waals surface area contributed by atoms with Gasteiger partial charge in [0.2, 0.25) is 5.82 Å². The van der Waals surface area contributed by atoms with Crippen LogP contribution >= 0.6 is 0 Å². The fourth-order valence-electron chi connectivity index (χ4n) is 2.32. The normalized spacial score (nSPS) is 12.6.